The van der Waals surface area contributed by atoms with E-state index < -0.39 is 10.0 Å². The fourth-order valence-electron chi connectivity index (χ4n) is 2.09. The first-order valence-corrected chi connectivity index (χ1v) is 8.48. The van der Waals surface area contributed by atoms with Crippen LogP contribution in [0.15, 0.2) is 6.33 Å². The van der Waals surface area contributed by atoms with Gasteiger partial charge in [-0.05, 0) is 31.6 Å². The van der Waals surface area contributed by atoms with E-state index in [2.05, 4.69) is 10.1 Å². The van der Waals surface area contributed by atoms with Crippen LogP contribution in [0.2, 0.25) is 0 Å². The predicted molar refractivity (Wildman–Crippen MR) is 69.3 cm³/mol. The van der Waals surface area contributed by atoms with Crippen molar-refractivity contribution >= 4 is 10.0 Å². The second kappa shape index (κ2) is 5.20. The van der Waals surface area contributed by atoms with Crippen LogP contribution < -0.4 is 0 Å². The highest BCUT2D eigenvalue weighted by atomic mass is 32.2. The zero-order chi connectivity index (χ0) is 13.3. The highest BCUT2D eigenvalue weighted by molar-refractivity contribution is 7.89. The Hall–Kier alpha value is -0.950. The molecule has 0 unspecified atom stereocenters. The number of aromatic nitrogens is 3. The molecule has 0 spiro atoms. The van der Waals surface area contributed by atoms with Crippen molar-refractivity contribution in [1.29, 1.82) is 0 Å². The zero-order valence-electron chi connectivity index (χ0n) is 10.9. The predicted octanol–water partition coefficient (Wildman–Crippen LogP) is 1.15. The summed E-state index contributed by atoms with van der Waals surface area (Å²) in [7, 11) is -3.41. The standard InChI is InChI=1S/C12H19N3O3S/c16-19(17,7-6-18-8-10-2-1-3-10)15-9-13-12(14-15)11-4-5-11/h9-11H,1-8H2. The molecule has 7 heteroatoms. The van der Waals surface area contributed by atoms with Gasteiger partial charge >= 0.3 is 0 Å². The van der Waals surface area contributed by atoms with Crippen LogP contribution in [0.4, 0.5) is 0 Å². The van der Waals surface area contributed by atoms with Gasteiger partial charge in [-0.25, -0.2) is 13.4 Å². The fourth-order valence-corrected chi connectivity index (χ4v) is 3.01. The maximum absolute atomic E-state index is 12.0. The van der Waals surface area contributed by atoms with E-state index in [1.807, 2.05) is 0 Å². The molecule has 0 N–H and O–H groups in total. The third-order valence-corrected chi connectivity index (χ3v) is 5.21. The third-order valence-electron chi connectivity index (χ3n) is 3.78. The van der Waals surface area contributed by atoms with Crippen LogP contribution >= 0.6 is 0 Å². The highest BCUT2D eigenvalue weighted by Crippen LogP contribution is 2.37. The first-order chi connectivity index (χ1) is 9.15. The van der Waals surface area contributed by atoms with Crippen LogP contribution in [0.3, 0.4) is 0 Å². The van der Waals surface area contributed by atoms with E-state index in [9.17, 15) is 8.42 Å². The molecule has 3 rings (SSSR count). The van der Waals surface area contributed by atoms with E-state index >= 15 is 0 Å². The molecule has 0 bridgehead atoms. The smallest absolute Gasteiger partial charge is 0.257 e. The van der Waals surface area contributed by atoms with Crippen LogP contribution in [0.1, 0.15) is 43.8 Å². The Balaban J connectivity index is 1.49. The molecule has 1 aromatic rings. The van der Waals surface area contributed by atoms with E-state index in [0.717, 1.165) is 16.9 Å². The van der Waals surface area contributed by atoms with Crippen molar-refractivity contribution in [2.45, 2.75) is 38.0 Å². The van der Waals surface area contributed by atoms with Gasteiger partial charge in [0.15, 0.2) is 5.82 Å². The van der Waals surface area contributed by atoms with Gasteiger partial charge in [-0.2, -0.15) is 0 Å². The average molecular weight is 285 g/mol. The summed E-state index contributed by atoms with van der Waals surface area (Å²) in [6.45, 7) is 0.914. The molecule has 0 aliphatic heterocycles. The Morgan fingerprint density at radius 3 is 2.74 bits per heavy atom. The maximum Gasteiger partial charge on any atom is 0.257 e. The molecule has 0 aromatic carbocycles. The molecule has 1 heterocycles. The third kappa shape index (κ3) is 3.14. The second-order valence-corrected chi connectivity index (χ2v) is 7.38. The summed E-state index contributed by atoms with van der Waals surface area (Å²) < 4.78 is 30.4. The molecule has 2 aliphatic carbocycles. The van der Waals surface area contributed by atoms with Crippen molar-refractivity contribution in [3.05, 3.63) is 12.2 Å². The first kappa shape index (κ1) is 13.1. The molecule has 0 atom stereocenters. The van der Waals surface area contributed by atoms with E-state index in [0.29, 0.717) is 24.3 Å². The molecular weight excluding hydrogens is 266 g/mol. The number of rotatable bonds is 7. The summed E-state index contributed by atoms with van der Waals surface area (Å²) in [6.07, 6.45) is 7.12. The fraction of sp³-hybridized carbons (Fsp3) is 0.833. The summed E-state index contributed by atoms with van der Waals surface area (Å²) in [5, 5.41) is 4.05. The van der Waals surface area contributed by atoms with Gasteiger partial charge < -0.3 is 4.74 Å². The molecule has 2 saturated carbocycles. The summed E-state index contributed by atoms with van der Waals surface area (Å²) in [4.78, 5) is 4.06. The average Bonchev–Trinajstić information content (AvgIpc) is 3.04. The SMILES string of the molecule is O=S(=O)(CCOCC1CCC1)n1cnc(C2CC2)n1. The summed E-state index contributed by atoms with van der Waals surface area (Å²) in [5.74, 6) is 1.62. The number of ether oxygens (including phenoxy) is 1. The molecule has 2 aliphatic rings. The maximum atomic E-state index is 12.0. The van der Waals surface area contributed by atoms with Gasteiger partial charge in [-0.3, -0.25) is 0 Å². The van der Waals surface area contributed by atoms with Gasteiger partial charge in [0.25, 0.3) is 10.0 Å². The Morgan fingerprint density at radius 1 is 1.32 bits per heavy atom. The van der Waals surface area contributed by atoms with Gasteiger partial charge in [-0.15, -0.1) is 9.19 Å². The van der Waals surface area contributed by atoms with E-state index in [-0.39, 0.29) is 12.4 Å². The molecule has 1 aromatic heterocycles. The molecule has 2 fully saturated rings. The quantitative estimate of drug-likeness (QED) is 0.703. The Morgan fingerprint density at radius 2 is 2.11 bits per heavy atom. The van der Waals surface area contributed by atoms with Gasteiger partial charge in [-0.1, -0.05) is 6.42 Å². The Kier molecular flexibility index (Phi) is 3.58. The molecule has 19 heavy (non-hydrogen) atoms. The van der Waals surface area contributed by atoms with Crippen LogP contribution in [0.25, 0.3) is 0 Å². The lowest BCUT2D eigenvalue weighted by atomic mass is 9.86. The van der Waals surface area contributed by atoms with E-state index in [1.54, 1.807) is 0 Å². The molecule has 0 amide bonds. The first-order valence-electron chi connectivity index (χ1n) is 6.88. The second-order valence-electron chi connectivity index (χ2n) is 5.44. The van der Waals surface area contributed by atoms with Gasteiger partial charge in [0.05, 0.1) is 12.4 Å². The molecular formula is C12H19N3O3S. The van der Waals surface area contributed by atoms with Crippen molar-refractivity contribution in [2.24, 2.45) is 5.92 Å². The Labute approximate surface area is 113 Å². The minimum atomic E-state index is -3.41. The number of hydrogen-bond acceptors (Lipinski definition) is 5. The van der Waals surface area contributed by atoms with Crippen molar-refractivity contribution in [3.8, 4) is 0 Å². The van der Waals surface area contributed by atoms with Gasteiger partial charge in [0.1, 0.15) is 6.33 Å². The largest absolute Gasteiger partial charge is 0.380 e. The normalized spacial score (nSPS) is 20.4. The van der Waals surface area contributed by atoms with Crippen molar-refractivity contribution in [3.63, 3.8) is 0 Å². The lowest BCUT2D eigenvalue weighted by molar-refractivity contribution is 0.0798. The molecule has 0 saturated heterocycles. The topological polar surface area (TPSA) is 74.1 Å². The van der Waals surface area contributed by atoms with Crippen molar-refractivity contribution < 1.29 is 13.2 Å². The van der Waals surface area contributed by atoms with Crippen LogP contribution in [0, 0.1) is 5.92 Å². The van der Waals surface area contributed by atoms with Crippen LogP contribution in [-0.2, 0) is 14.8 Å². The van der Waals surface area contributed by atoms with Crippen LogP contribution in [0.5, 0.6) is 0 Å². The van der Waals surface area contributed by atoms with E-state index in [1.165, 1.54) is 25.6 Å². The van der Waals surface area contributed by atoms with Crippen molar-refractivity contribution in [2.75, 3.05) is 19.0 Å². The highest BCUT2D eigenvalue weighted by Gasteiger charge is 2.29. The monoisotopic (exact) mass is 285 g/mol. The lowest BCUT2D eigenvalue weighted by Gasteiger charge is -2.24. The summed E-state index contributed by atoms with van der Waals surface area (Å²) in [6, 6.07) is 0. The molecule has 106 valence electrons. The zero-order valence-corrected chi connectivity index (χ0v) is 11.7. The van der Waals surface area contributed by atoms with Gasteiger partial charge in [0.2, 0.25) is 0 Å². The number of nitrogens with zero attached hydrogens (tertiary/aromatic N) is 3. The molecule has 0 radical (unpaired) electrons. The Bertz CT molecular complexity index is 532. The molecule has 6 nitrogen and oxygen atoms in total. The van der Waals surface area contributed by atoms with E-state index in [4.69, 9.17) is 4.74 Å². The van der Waals surface area contributed by atoms with Crippen molar-refractivity contribution in [1.82, 2.24) is 14.2 Å². The lowest BCUT2D eigenvalue weighted by Crippen LogP contribution is -2.23. The van der Waals surface area contributed by atoms with Crippen LogP contribution in [-0.4, -0.2) is 41.6 Å². The summed E-state index contributed by atoms with van der Waals surface area (Å²) >= 11 is 0. The number of hydrogen-bond donors (Lipinski definition) is 0. The summed E-state index contributed by atoms with van der Waals surface area (Å²) in [5.41, 5.74) is 0. The minimum Gasteiger partial charge on any atom is -0.380 e. The minimum absolute atomic E-state index is 0.0345. The van der Waals surface area contributed by atoms with Gasteiger partial charge in [0, 0.05) is 12.5 Å².